The van der Waals surface area contributed by atoms with E-state index in [9.17, 15) is 29.1 Å². The summed E-state index contributed by atoms with van der Waals surface area (Å²) in [6.07, 6.45) is -1.52. The first-order valence-electron chi connectivity index (χ1n) is 8.52. The summed E-state index contributed by atoms with van der Waals surface area (Å²) in [6, 6.07) is -5.13. The minimum Gasteiger partial charge on any atom is -0.480 e. The van der Waals surface area contributed by atoms with Gasteiger partial charge in [0, 0.05) is 17.9 Å². The van der Waals surface area contributed by atoms with E-state index in [4.69, 9.17) is 16.6 Å². The van der Waals surface area contributed by atoms with E-state index < -0.39 is 59.9 Å². The fourth-order valence-electron chi connectivity index (χ4n) is 2.01. The molecule has 12 nitrogen and oxygen atoms in total. The number of rotatable bonds is 13. The van der Waals surface area contributed by atoms with Crippen LogP contribution >= 0.6 is 25.3 Å². The highest BCUT2D eigenvalue weighted by atomic mass is 32.1. The monoisotopic (exact) mass is 453 g/mol. The van der Waals surface area contributed by atoms with Gasteiger partial charge in [0.1, 0.15) is 18.1 Å². The Hall–Kier alpha value is -2.03. The first-order valence-corrected chi connectivity index (χ1v) is 9.78. The lowest BCUT2D eigenvalue weighted by atomic mass is 10.1. The van der Waals surface area contributed by atoms with E-state index >= 15 is 0 Å². The molecule has 0 bridgehead atoms. The molecule has 5 atom stereocenters. The second-order valence-electron chi connectivity index (χ2n) is 6.16. The molecule has 0 aromatic rings. The second kappa shape index (κ2) is 13.2. The first kappa shape index (κ1) is 27.0. The number of aliphatic hydroxyl groups is 1. The van der Waals surface area contributed by atoms with Crippen LogP contribution in [0.3, 0.4) is 0 Å². The number of primary amides is 1. The number of nitrogens with two attached hydrogens (primary N) is 2. The lowest BCUT2D eigenvalue weighted by molar-refractivity contribution is -0.142. The molecule has 166 valence electrons. The summed E-state index contributed by atoms with van der Waals surface area (Å²) in [5, 5.41) is 25.4. The lowest BCUT2D eigenvalue weighted by Crippen LogP contribution is -2.60. The summed E-state index contributed by atoms with van der Waals surface area (Å²) in [4.78, 5) is 58.4. The zero-order valence-corrected chi connectivity index (χ0v) is 17.5. The highest BCUT2D eigenvalue weighted by molar-refractivity contribution is 7.80. The first-order chi connectivity index (χ1) is 13.4. The Balaban J connectivity index is 5.04. The lowest BCUT2D eigenvalue weighted by Gasteiger charge is -2.25. The molecule has 0 aromatic carbocycles. The summed E-state index contributed by atoms with van der Waals surface area (Å²) in [5.74, 6) is -4.88. The predicted molar refractivity (Wildman–Crippen MR) is 109 cm³/mol. The zero-order chi connectivity index (χ0) is 22.7. The van der Waals surface area contributed by atoms with Crippen LogP contribution in [0.1, 0.15) is 19.8 Å². The molecule has 0 radical (unpaired) electrons. The SMILES string of the molecule is CC(O)C(NC(=O)C(CS)NC(=O)C(N)CCC(N)=O)C(=O)NC(CS)C(=O)O. The van der Waals surface area contributed by atoms with Crippen molar-refractivity contribution in [3.8, 4) is 0 Å². The average molecular weight is 454 g/mol. The Morgan fingerprint density at radius 1 is 0.931 bits per heavy atom. The van der Waals surface area contributed by atoms with Crippen molar-refractivity contribution in [2.75, 3.05) is 11.5 Å². The number of carboxylic acid groups (broad SMARTS) is 1. The van der Waals surface area contributed by atoms with Crippen LogP contribution in [0.15, 0.2) is 0 Å². The number of aliphatic hydroxyl groups excluding tert-OH is 1. The fraction of sp³-hybridized carbons (Fsp3) is 0.667. The second-order valence-corrected chi connectivity index (χ2v) is 6.89. The highest BCUT2D eigenvalue weighted by Gasteiger charge is 2.32. The Kier molecular flexibility index (Phi) is 12.3. The van der Waals surface area contributed by atoms with Gasteiger partial charge in [-0.2, -0.15) is 25.3 Å². The topological polar surface area (TPSA) is 214 Å². The highest BCUT2D eigenvalue weighted by Crippen LogP contribution is 2.01. The summed E-state index contributed by atoms with van der Waals surface area (Å²) < 4.78 is 0. The van der Waals surface area contributed by atoms with Gasteiger partial charge in [-0.3, -0.25) is 19.2 Å². The van der Waals surface area contributed by atoms with Crippen LogP contribution in [0.5, 0.6) is 0 Å². The number of carbonyl (C=O) groups excluding carboxylic acids is 4. The van der Waals surface area contributed by atoms with Crippen LogP contribution in [0.4, 0.5) is 0 Å². The van der Waals surface area contributed by atoms with Gasteiger partial charge in [0.2, 0.25) is 23.6 Å². The van der Waals surface area contributed by atoms with E-state index in [1.165, 1.54) is 6.92 Å². The predicted octanol–water partition coefficient (Wildman–Crippen LogP) is -3.64. The Bertz CT molecular complexity index is 620. The van der Waals surface area contributed by atoms with Gasteiger partial charge in [0.15, 0.2) is 0 Å². The van der Waals surface area contributed by atoms with Gasteiger partial charge in [-0.05, 0) is 13.3 Å². The van der Waals surface area contributed by atoms with Gasteiger partial charge >= 0.3 is 5.97 Å². The molecule has 0 aliphatic carbocycles. The van der Waals surface area contributed by atoms with E-state index in [2.05, 4.69) is 41.2 Å². The van der Waals surface area contributed by atoms with Gasteiger partial charge in [0.05, 0.1) is 12.1 Å². The molecule has 0 aliphatic rings. The molecule has 0 spiro atoms. The quantitative estimate of drug-likeness (QED) is 0.126. The van der Waals surface area contributed by atoms with Crippen molar-refractivity contribution in [2.45, 2.75) is 50.0 Å². The van der Waals surface area contributed by atoms with Crippen LogP contribution < -0.4 is 27.4 Å². The number of carboxylic acids is 1. The number of hydrogen-bond acceptors (Lipinski definition) is 9. The summed E-state index contributed by atoms with van der Waals surface area (Å²) in [6.45, 7) is 1.22. The van der Waals surface area contributed by atoms with Crippen molar-refractivity contribution in [1.29, 1.82) is 0 Å². The molecular formula is C15H27N5O7S2. The Morgan fingerprint density at radius 2 is 1.45 bits per heavy atom. The number of carbonyl (C=O) groups is 5. The minimum atomic E-state index is -1.49. The molecule has 0 rings (SSSR count). The molecule has 9 N–H and O–H groups in total. The van der Waals surface area contributed by atoms with Crippen LogP contribution in [0, 0.1) is 0 Å². The molecule has 0 aromatic heterocycles. The van der Waals surface area contributed by atoms with E-state index in [-0.39, 0.29) is 24.3 Å². The van der Waals surface area contributed by atoms with Crippen molar-refractivity contribution in [3.63, 3.8) is 0 Å². The third kappa shape index (κ3) is 9.83. The van der Waals surface area contributed by atoms with Gasteiger partial charge in [-0.1, -0.05) is 0 Å². The average Bonchev–Trinajstić information content (AvgIpc) is 2.64. The summed E-state index contributed by atoms with van der Waals surface area (Å²) in [7, 11) is 0. The molecule has 0 saturated heterocycles. The normalized spacial score (nSPS) is 15.9. The van der Waals surface area contributed by atoms with Gasteiger partial charge in [0.25, 0.3) is 0 Å². The third-order valence-electron chi connectivity index (χ3n) is 3.71. The summed E-state index contributed by atoms with van der Waals surface area (Å²) in [5.41, 5.74) is 10.6. The maximum atomic E-state index is 12.4. The molecule has 14 heteroatoms. The number of nitrogens with one attached hydrogen (secondary N) is 3. The molecule has 0 heterocycles. The Morgan fingerprint density at radius 3 is 1.86 bits per heavy atom. The largest absolute Gasteiger partial charge is 0.480 e. The molecule has 0 saturated carbocycles. The number of amides is 4. The van der Waals surface area contributed by atoms with Gasteiger partial charge < -0.3 is 37.6 Å². The third-order valence-corrected chi connectivity index (χ3v) is 4.44. The number of aliphatic carboxylic acids is 1. The number of thiol groups is 2. The van der Waals surface area contributed by atoms with Crippen LogP contribution in [-0.2, 0) is 24.0 Å². The molecule has 0 fully saturated rings. The van der Waals surface area contributed by atoms with Gasteiger partial charge in [-0.15, -0.1) is 0 Å². The number of hydrogen-bond donors (Lipinski definition) is 9. The zero-order valence-electron chi connectivity index (χ0n) is 15.7. The van der Waals surface area contributed by atoms with Crippen molar-refractivity contribution in [3.05, 3.63) is 0 Å². The molecular weight excluding hydrogens is 426 g/mol. The van der Waals surface area contributed by atoms with Crippen molar-refractivity contribution >= 4 is 54.9 Å². The van der Waals surface area contributed by atoms with E-state index in [1.54, 1.807) is 0 Å². The van der Waals surface area contributed by atoms with E-state index in [0.717, 1.165) is 0 Å². The maximum Gasteiger partial charge on any atom is 0.327 e. The van der Waals surface area contributed by atoms with Gasteiger partial charge in [-0.25, -0.2) is 4.79 Å². The summed E-state index contributed by atoms with van der Waals surface area (Å²) >= 11 is 7.78. The fourth-order valence-corrected chi connectivity index (χ4v) is 2.51. The molecule has 4 amide bonds. The molecule has 5 unspecified atom stereocenters. The minimum absolute atomic E-state index is 0.0267. The van der Waals surface area contributed by atoms with Crippen molar-refractivity contribution in [2.24, 2.45) is 11.5 Å². The van der Waals surface area contributed by atoms with E-state index in [0.29, 0.717) is 0 Å². The Labute approximate surface area is 178 Å². The van der Waals surface area contributed by atoms with Crippen LogP contribution in [0.25, 0.3) is 0 Å². The van der Waals surface area contributed by atoms with Crippen LogP contribution in [0.2, 0.25) is 0 Å². The van der Waals surface area contributed by atoms with Crippen LogP contribution in [-0.4, -0.2) is 81.6 Å². The standard InChI is InChI=1S/C15H27N5O7S2/c1-6(21)11(14(25)19-9(5-29)15(26)27)20-13(24)8(4-28)18-12(23)7(16)2-3-10(17)22/h6-9,11,21,28-29H,2-5,16H2,1H3,(H2,17,22)(H,18,23)(H,19,25)(H,20,24)(H,26,27). The van der Waals surface area contributed by atoms with E-state index in [1.807, 2.05) is 0 Å². The maximum absolute atomic E-state index is 12.4. The van der Waals surface area contributed by atoms with Crippen molar-refractivity contribution < 1.29 is 34.2 Å². The smallest absolute Gasteiger partial charge is 0.327 e. The molecule has 29 heavy (non-hydrogen) atoms. The van der Waals surface area contributed by atoms with Crippen molar-refractivity contribution in [1.82, 2.24) is 16.0 Å². The molecule has 0 aliphatic heterocycles.